The summed E-state index contributed by atoms with van der Waals surface area (Å²) in [4.78, 5) is 0.0876. The first-order valence-electron chi connectivity index (χ1n) is 6.11. The number of nitrogen functional groups attached to an aromatic ring is 1. The normalized spacial score (nSPS) is 11.1. The zero-order valence-electron chi connectivity index (χ0n) is 11.7. The molecule has 0 atom stereocenters. The Labute approximate surface area is 123 Å². The van der Waals surface area contributed by atoms with Crippen molar-refractivity contribution in [1.29, 1.82) is 0 Å². The smallest absolute Gasteiger partial charge is 0.240 e. The fourth-order valence-corrected chi connectivity index (χ4v) is 2.44. The highest BCUT2D eigenvalue weighted by atomic mass is 32.2. The molecule has 2 aromatic carbocycles. The zero-order chi connectivity index (χ0) is 15.5. The predicted octanol–water partition coefficient (Wildman–Crippen LogP) is 1.98. The third-order valence-corrected chi connectivity index (χ3v) is 4.26. The van der Waals surface area contributed by atoms with Gasteiger partial charge in [-0.25, -0.2) is 13.1 Å². The number of nitrogens with one attached hydrogen (secondary N) is 1. The van der Waals surface area contributed by atoms with E-state index in [4.69, 9.17) is 15.2 Å². The van der Waals surface area contributed by atoms with Crippen LogP contribution in [-0.2, 0) is 10.0 Å². The second-order valence-corrected chi connectivity index (χ2v) is 6.07. The molecule has 6 nitrogen and oxygen atoms in total. The molecule has 7 heteroatoms. The lowest BCUT2D eigenvalue weighted by Gasteiger charge is -2.10. The number of ether oxygens (including phenoxy) is 2. The predicted molar refractivity (Wildman–Crippen MR) is 80.2 cm³/mol. The van der Waals surface area contributed by atoms with Crippen LogP contribution in [0.15, 0.2) is 47.4 Å². The van der Waals surface area contributed by atoms with Crippen molar-refractivity contribution in [1.82, 2.24) is 4.72 Å². The van der Waals surface area contributed by atoms with E-state index in [0.29, 0.717) is 17.2 Å². The fraction of sp³-hybridized carbons (Fsp3) is 0.143. The number of benzene rings is 2. The molecule has 0 amide bonds. The first-order valence-corrected chi connectivity index (χ1v) is 7.59. The van der Waals surface area contributed by atoms with Crippen LogP contribution in [0.25, 0.3) is 0 Å². The van der Waals surface area contributed by atoms with Gasteiger partial charge < -0.3 is 15.2 Å². The molecule has 0 heterocycles. The molecule has 2 aromatic rings. The Balaban J connectivity index is 2.25. The highest BCUT2D eigenvalue weighted by Gasteiger charge is 2.13. The van der Waals surface area contributed by atoms with Gasteiger partial charge in [-0.3, -0.25) is 0 Å². The van der Waals surface area contributed by atoms with Crippen molar-refractivity contribution < 1.29 is 17.9 Å². The Kier molecular flexibility index (Phi) is 4.35. The summed E-state index contributed by atoms with van der Waals surface area (Å²) in [7, 11) is -0.603. The van der Waals surface area contributed by atoms with E-state index in [9.17, 15) is 8.42 Å². The monoisotopic (exact) mass is 308 g/mol. The van der Waals surface area contributed by atoms with E-state index in [0.717, 1.165) is 0 Å². The van der Waals surface area contributed by atoms with Gasteiger partial charge in [0.25, 0.3) is 0 Å². The van der Waals surface area contributed by atoms with Crippen molar-refractivity contribution in [2.24, 2.45) is 0 Å². The third kappa shape index (κ3) is 3.45. The van der Waals surface area contributed by atoms with Crippen molar-refractivity contribution in [3.63, 3.8) is 0 Å². The van der Waals surface area contributed by atoms with Gasteiger partial charge in [-0.15, -0.1) is 0 Å². The van der Waals surface area contributed by atoms with E-state index >= 15 is 0 Å². The second kappa shape index (κ2) is 6.02. The van der Waals surface area contributed by atoms with Crippen LogP contribution >= 0.6 is 0 Å². The minimum atomic E-state index is -3.52. The molecule has 3 N–H and O–H groups in total. The maximum atomic E-state index is 11.7. The van der Waals surface area contributed by atoms with Crippen LogP contribution in [0.3, 0.4) is 0 Å². The molecule has 2 rings (SSSR count). The minimum Gasteiger partial charge on any atom is -0.497 e. The summed E-state index contributed by atoms with van der Waals surface area (Å²) in [6.45, 7) is 0. The number of hydrogen-bond donors (Lipinski definition) is 2. The molecule has 21 heavy (non-hydrogen) atoms. The summed E-state index contributed by atoms with van der Waals surface area (Å²) in [5.74, 6) is 1.67. The van der Waals surface area contributed by atoms with Gasteiger partial charge >= 0.3 is 0 Å². The van der Waals surface area contributed by atoms with Gasteiger partial charge in [0.2, 0.25) is 10.0 Å². The molecule has 0 aliphatic rings. The van der Waals surface area contributed by atoms with E-state index in [1.165, 1.54) is 25.2 Å². The Morgan fingerprint density at radius 3 is 2.19 bits per heavy atom. The third-order valence-electron chi connectivity index (χ3n) is 2.85. The quantitative estimate of drug-likeness (QED) is 0.824. The molecule has 0 spiro atoms. The largest absolute Gasteiger partial charge is 0.497 e. The van der Waals surface area contributed by atoms with Crippen molar-refractivity contribution in [3.05, 3.63) is 42.5 Å². The van der Waals surface area contributed by atoms with Gasteiger partial charge in [-0.2, -0.15) is 0 Å². The highest BCUT2D eigenvalue weighted by Crippen LogP contribution is 2.30. The summed E-state index contributed by atoms with van der Waals surface area (Å²) in [6.07, 6.45) is 0. The van der Waals surface area contributed by atoms with E-state index in [-0.39, 0.29) is 10.6 Å². The van der Waals surface area contributed by atoms with Crippen LogP contribution in [0.1, 0.15) is 0 Å². The van der Waals surface area contributed by atoms with Crippen LogP contribution in [0.2, 0.25) is 0 Å². The van der Waals surface area contributed by atoms with E-state index in [2.05, 4.69) is 4.72 Å². The Hall–Kier alpha value is -2.25. The van der Waals surface area contributed by atoms with E-state index in [1.807, 2.05) is 0 Å². The van der Waals surface area contributed by atoms with Gasteiger partial charge in [-0.1, -0.05) is 0 Å². The zero-order valence-corrected chi connectivity index (χ0v) is 12.5. The van der Waals surface area contributed by atoms with Crippen LogP contribution < -0.4 is 19.9 Å². The summed E-state index contributed by atoms with van der Waals surface area (Å²) in [5, 5.41) is 0. The Morgan fingerprint density at radius 2 is 1.67 bits per heavy atom. The number of anilines is 1. The highest BCUT2D eigenvalue weighted by molar-refractivity contribution is 7.89. The maximum Gasteiger partial charge on any atom is 0.240 e. The SMILES string of the molecule is CNS(=O)(=O)c1ccc(Oc2ccc(OC)cc2)c(N)c1. The van der Waals surface area contributed by atoms with Crippen LogP contribution in [0.5, 0.6) is 17.2 Å². The number of rotatable bonds is 5. The molecule has 0 aromatic heterocycles. The van der Waals surface area contributed by atoms with Crippen molar-refractivity contribution in [2.45, 2.75) is 4.90 Å². The van der Waals surface area contributed by atoms with Gasteiger partial charge in [0.15, 0.2) is 0 Å². The van der Waals surface area contributed by atoms with E-state index in [1.54, 1.807) is 31.4 Å². The van der Waals surface area contributed by atoms with Gasteiger partial charge in [0, 0.05) is 0 Å². The first-order chi connectivity index (χ1) is 9.96. The molecule has 0 saturated heterocycles. The number of methoxy groups -OCH3 is 1. The fourth-order valence-electron chi connectivity index (χ4n) is 1.68. The lowest BCUT2D eigenvalue weighted by molar-refractivity contribution is 0.413. The van der Waals surface area contributed by atoms with Gasteiger partial charge in [-0.05, 0) is 49.5 Å². The van der Waals surface area contributed by atoms with Crippen molar-refractivity contribution in [3.8, 4) is 17.2 Å². The molecule has 0 bridgehead atoms. The van der Waals surface area contributed by atoms with Gasteiger partial charge in [0.05, 0.1) is 17.7 Å². The summed E-state index contributed by atoms with van der Waals surface area (Å²) < 4.78 is 36.2. The molecule has 0 unspecified atom stereocenters. The minimum absolute atomic E-state index is 0.0876. The standard InChI is InChI=1S/C14H16N2O4S/c1-16-21(17,18)12-7-8-14(13(15)9-12)20-11-5-3-10(19-2)4-6-11/h3-9,16H,15H2,1-2H3. The number of sulfonamides is 1. The summed E-state index contributed by atoms with van der Waals surface area (Å²) in [5.41, 5.74) is 6.07. The van der Waals surface area contributed by atoms with Crippen molar-refractivity contribution >= 4 is 15.7 Å². The molecule has 0 fully saturated rings. The van der Waals surface area contributed by atoms with Crippen LogP contribution in [0.4, 0.5) is 5.69 Å². The molecular formula is C14H16N2O4S. The number of hydrogen-bond acceptors (Lipinski definition) is 5. The van der Waals surface area contributed by atoms with Crippen LogP contribution in [-0.4, -0.2) is 22.6 Å². The summed E-state index contributed by atoms with van der Waals surface area (Å²) >= 11 is 0. The lowest BCUT2D eigenvalue weighted by Crippen LogP contribution is -2.18. The lowest BCUT2D eigenvalue weighted by atomic mass is 10.3. The van der Waals surface area contributed by atoms with Crippen LogP contribution in [0, 0.1) is 0 Å². The number of nitrogens with two attached hydrogens (primary N) is 1. The molecule has 112 valence electrons. The maximum absolute atomic E-state index is 11.7. The average molecular weight is 308 g/mol. The molecule has 0 aliphatic carbocycles. The summed E-state index contributed by atoms with van der Waals surface area (Å²) in [6, 6.07) is 11.3. The molecule has 0 radical (unpaired) electrons. The van der Waals surface area contributed by atoms with Gasteiger partial charge in [0.1, 0.15) is 17.2 Å². The van der Waals surface area contributed by atoms with Crippen molar-refractivity contribution in [2.75, 3.05) is 19.9 Å². The molecule has 0 saturated carbocycles. The Bertz CT molecular complexity index is 727. The van der Waals surface area contributed by atoms with E-state index < -0.39 is 10.0 Å². The molecular weight excluding hydrogens is 292 g/mol. The first kappa shape index (κ1) is 15.1. The second-order valence-electron chi connectivity index (χ2n) is 4.18. The topological polar surface area (TPSA) is 90.7 Å². The average Bonchev–Trinajstić information content (AvgIpc) is 2.50. The Morgan fingerprint density at radius 1 is 1.05 bits per heavy atom. The molecule has 0 aliphatic heterocycles.